The first-order chi connectivity index (χ1) is 8.27. The molecule has 3 nitrogen and oxygen atoms in total. The van der Waals surface area contributed by atoms with Gasteiger partial charge in [0.1, 0.15) is 0 Å². The fourth-order valence-electron chi connectivity index (χ4n) is 2.46. The van der Waals surface area contributed by atoms with Crippen molar-refractivity contribution in [3.8, 4) is 11.3 Å². The Labute approximate surface area is 112 Å². The molecule has 0 amide bonds. The van der Waals surface area contributed by atoms with Gasteiger partial charge < -0.3 is 10.7 Å². The lowest BCUT2D eigenvalue weighted by molar-refractivity contribution is 0.0973. The van der Waals surface area contributed by atoms with Gasteiger partial charge in [-0.25, -0.2) is 0 Å². The van der Waals surface area contributed by atoms with E-state index in [4.69, 9.17) is 5.73 Å². The van der Waals surface area contributed by atoms with Crippen LogP contribution in [-0.4, -0.2) is 10.8 Å². The highest BCUT2D eigenvalue weighted by atomic mass is 35.5. The van der Waals surface area contributed by atoms with E-state index in [0.717, 1.165) is 35.4 Å². The van der Waals surface area contributed by atoms with Crippen LogP contribution in [-0.2, 0) is 6.42 Å². The summed E-state index contributed by atoms with van der Waals surface area (Å²) in [6.07, 6.45) is 2.45. The number of carbonyl (C=O) groups excluding carboxylic acids is 1. The highest BCUT2D eigenvalue weighted by Gasteiger charge is 2.24. The van der Waals surface area contributed by atoms with Gasteiger partial charge in [0.15, 0.2) is 5.78 Å². The molecule has 0 atom stereocenters. The van der Waals surface area contributed by atoms with E-state index in [1.807, 2.05) is 30.3 Å². The van der Waals surface area contributed by atoms with E-state index in [2.05, 4.69) is 4.98 Å². The number of aromatic amines is 1. The average Bonchev–Trinajstić information content (AvgIpc) is 2.69. The second-order valence-electron chi connectivity index (χ2n) is 4.41. The summed E-state index contributed by atoms with van der Waals surface area (Å²) in [7, 11) is 0. The zero-order valence-electron chi connectivity index (χ0n) is 9.90. The standard InChI is InChI=1S/C14H14N2O.ClH/c15-13-12-10(7-4-8-11(12)17)16-14(13)9-5-2-1-3-6-9;/h1-3,5-6,16H,4,7-8,15H2;1H. The summed E-state index contributed by atoms with van der Waals surface area (Å²) in [5, 5.41) is 0. The number of nitrogens with one attached hydrogen (secondary N) is 1. The van der Waals surface area contributed by atoms with Gasteiger partial charge in [0.25, 0.3) is 0 Å². The number of benzene rings is 1. The molecular formula is C14H15ClN2O. The van der Waals surface area contributed by atoms with Crippen LogP contribution in [0, 0.1) is 0 Å². The predicted molar refractivity (Wildman–Crippen MR) is 75.2 cm³/mol. The lowest BCUT2D eigenvalue weighted by atomic mass is 9.95. The van der Waals surface area contributed by atoms with Crippen LogP contribution in [0.5, 0.6) is 0 Å². The van der Waals surface area contributed by atoms with Crippen LogP contribution in [0.4, 0.5) is 5.69 Å². The fourth-order valence-corrected chi connectivity index (χ4v) is 2.46. The molecule has 0 fully saturated rings. The van der Waals surface area contributed by atoms with Crippen molar-refractivity contribution in [2.75, 3.05) is 5.73 Å². The van der Waals surface area contributed by atoms with Crippen LogP contribution in [0.1, 0.15) is 28.9 Å². The van der Waals surface area contributed by atoms with Gasteiger partial charge in [0, 0.05) is 17.7 Å². The number of anilines is 1. The third kappa shape index (κ3) is 1.91. The summed E-state index contributed by atoms with van der Waals surface area (Å²) >= 11 is 0. The molecule has 1 aliphatic carbocycles. The van der Waals surface area contributed by atoms with Crippen molar-refractivity contribution in [1.82, 2.24) is 4.98 Å². The van der Waals surface area contributed by atoms with Gasteiger partial charge in [-0.1, -0.05) is 30.3 Å². The van der Waals surface area contributed by atoms with Crippen molar-refractivity contribution in [2.24, 2.45) is 0 Å². The van der Waals surface area contributed by atoms with E-state index in [9.17, 15) is 4.79 Å². The summed E-state index contributed by atoms with van der Waals surface area (Å²) in [6, 6.07) is 9.90. The van der Waals surface area contributed by atoms with Crippen LogP contribution >= 0.6 is 12.4 Å². The summed E-state index contributed by atoms with van der Waals surface area (Å²) in [4.78, 5) is 15.2. The molecule has 0 radical (unpaired) electrons. The van der Waals surface area contributed by atoms with Crippen LogP contribution in [0.15, 0.2) is 30.3 Å². The van der Waals surface area contributed by atoms with Crippen LogP contribution in [0.25, 0.3) is 11.3 Å². The van der Waals surface area contributed by atoms with Gasteiger partial charge in [-0.15, -0.1) is 12.4 Å². The smallest absolute Gasteiger partial charge is 0.166 e. The molecule has 1 aromatic heterocycles. The van der Waals surface area contributed by atoms with Crippen LogP contribution in [0.2, 0.25) is 0 Å². The molecule has 1 heterocycles. The molecule has 0 unspecified atom stereocenters. The molecule has 3 rings (SSSR count). The zero-order valence-corrected chi connectivity index (χ0v) is 10.7. The van der Waals surface area contributed by atoms with E-state index < -0.39 is 0 Å². The number of hydrogen-bond donors (Lipinski definition) is 2. The van der Waals surface area contributed by atoms with Gasteiger partial charge in [0.2, 0.25) is 0 Å². The predicted octanol–water partition coefficient (Wildman–Crippen LogP) is 3.20. The molecule has 3 N–H and O–H groups in total. The van der Waals surface area contributed by atoms with Gasteiger partial charge in [-0.05, 0) is 12.8 Å². The third-order valence-electron chi connectivity index (χ3n) is 3.29. The Kier molecular flexibility index (Phi) is 3.43. The van der Waals surface area contributed by atoms with E-state index in [-0.39, 0.29) is 18.2 Å². The normalized spacial score (nSPS) is 13.9. The molecule has 0 aliphatic heterocycles. The molecular weight excluding hydrogens is 248 g/mol. The number of aryl methyl sites for hydroxylation is 1. The molecule has 0 saturated heterocycles. The summed E-state index contributed by atoms with van der Waals surface area (Å²) < 4.78 is 0. The van der Waals surface area contributed by atoms with Crippen molar-refractivity contribution in [2.45, 2.75) is 19.3 Å². The molecule has 2 aromatic rings. The molecule has 1 aromatic carbocycles. The molecule has 0 spiro atoms. The van der Waals surface area contributed by atoms with Crippen molar-refractivity contribution >= 4 is 23.9 Å². The number of aromatic nitrogens is 1. The Bertz CT molecular complexity index is 575. The molecule has 1 aliphatic rings. The monoisotopic (exact) mass is 262 g/mol. The number of ketones is 1. The van der Waals surface area contributed by atoms with E-state index in [0.29, 0.717) is 12.1 Å². The van der Waals surface area contributed by atoms with Crippen molar-refractivity contribution in [1.29, 1.82) is 0 Å². The number of nitrogens with two attached hydrogens (primary N) is 1. The van der Waals surface area contributed by atoms with Crippen molar-refractivity contribution in [3.63, 3.8) is 0 Å². The quantitative estimate of drug-likeness (QED) is 0.829. The first kappa shape index (κ1) is 12.7. The van der Waals surface area contributed by atoms with E-state index >= 15 is 0 Å². The lowest BCUT2D eigenvalue weighted by Gasteiger charge is -2.09. The zero-order chi connectivity index (χ0) is 11.8. The highest BCUT2D eigenvalue weighted by molar-refractivity contribution is 6.05. The Morgan fingerprint density at radius 2 is 1.83 bits per heavy atom. The number of Topliss-reactive ketones (excluding diaryl/α,β-unsaturated/α-hetero) is 1. The average molecular weight is 263 g/mol. The molecule has 0 bridgehead atoms. The Morgan fingerprint density at radius 1 is 1.11 bits per heavy atom. The highest BCUT2D eigenvalue weighted by Crippen LogP contribution is 2.34. The van der Waals surface area contributed by atoms with E-state index in [1.165, 1.54) is 0 Å². The maximum atomic E-state index is 11.9. The number of H-pyrrole nitrogens is 1. The second-order valence-corrected chi connectivity index (χ2v) is 4.41. The maximum Gasteiger partial charge on any atom is 0.166 e. The topological polar surface area (TPSA) is 58.9 Å². The van der Waals surface area contributed by atoms with Crippen molar-refractivity contribution in [3.05, 3.63) is 41.6 Å². The minimum atomic E-state index is 0. The number of nitrogen functional groups attached to an aromatic ring is 1. The number of carbonyl (C=O) groups is 1. The van der Waals surface area contributed by atoms with Crippen molar-refractivity contribution < 1.29 is 4.79 Å². The number of fused-ring (bicyclic) bond motifs is 1. The molecule has 4 heteroatoms. The number of rotatable bonds is 1. The Hall–Kier alpha value is -1.74. The molecule has 0 saturated carbocycles. The Balaban J connectivity index is 0.00000120. The SMILES string of the molecule is Cl.Nc1c(-c2ccccc2)[nH]c2c1C(=O)CCC2. The van der Waals surface area contributed by atoms with Gasteiger partial charge in [0.05, 0.1) is 16.9 Å². The van der Waals surface area contributed by atoms with Gasteiger partial charge in [-0.3, -0.25) is 4.79 Å². The van der Waals surface area contributed by atoms with Crippen LogP contribution < -0.4 is 5.73 Å². The third-order valence-corrected chi connectivity index (χ3v) is 3.29. The van der Waals surface area contributed by atoms with Gasteiger partial charge in [-0.2, -0.15) is 0 Å². The minimum Gasteiger partial charge on any atom is -0.396 e. The molecule has 18 heavy (non-hydrogen) atoms. The first-order valence-electron chi connectivity index (χ1n) is 5.86. The molecule has 94 valence electrons. The first-order valence-corrected chi connectivity index (χ1v) is 5.86. The second kappa shape index (κ2) is 4.86. The maximum absolute atomic E-state index is 11.9. The van der Waals surface area contributed by atoms with Gasteiger partial charge >= 0.3 is 0 Å². The summed E-state index contributed by atoms with van der Waals surface area (Å²) in [6.45, 7) is 0. The van der Waals surface area contributed by atoms with E-state index in [1.54, 1.807) is 0 Å². The Morgan fingerprint density at radius 3 is 2.50 bits per heavy atom. The largest absolute Gasteiger partial charge is 0.396 e. The summed E-state index contributed by atoms with van der Waals surface area (Å²) in [5.41, 5.74) is 10.3. The lowest BCUT2D eigenvalue weighted by Crippen LogP contribution is -2.10. The minimum absolute atomic E-state index is 0. The van der Waals surface area contributed by atoms with Crippen LogP contribution in [0.3, 0.4) is 0 Å². The number of halogens is 1. The fraction of sp³-hybridized carbons (Fsp3) is 0.214. The summed E-state index contributed by atoms with van der Waals surface area (Å²) in [5.74, 6) is 0.169. The number of hydrogen-bond acceptors (Lipinski definition) is 2.